The summed E-state index contributed by atoms with van der Waals surface area (Å²) in [7, 11) is 1.53. The molecule has 1 aliphatic rings. The third-order valence-electron chi connectivity index (χ3n) is 4.68. The predicted molar refractivity (Wildman–Crippen MR) is 85.9 cm³/mol. The van der Waals surface area contributed by atoms with Crippen LogP contribution >= 0.6 is 0 Å². The first-order valence-corrected chi connectivity index (χ1v) is 7.39. The van der Waals surface area contributed by atoms with E-state index in [1.54, 1.807) is 0 Å². The molecule has 1 fully saturated rings. The van der Waals surface area contributed by atoms with Gasteiger partial charge in [0.1, 0.15) is 11.4 Å². The zero-order chi connectivity index (χ0) is 16.0. The summed E-state index contributed by atoms with van der Waals surface area (Å²) >= 11 is 0. The van der Waals surface area contributed by atoms with Gasteiger partial charge in [-0.15, -0.1) is 0 Å². The summed E-state index contributed by atoms with van der Waals surface area (Å²) in [5.41, 5.74) is 7.15. The van der Waals surface area contributed by atoms with Crippen LogP contribution in [0.25, 0.3) is 10.9 Å². The Bertz CT molecular complexity index is 717. The van der Waals surface area contributed by atoms with Crippen LogP contribution in [0.2, 0.25) is 0 Å². The van der Waals surface area contributed by atoms with E-state index < -0.39 is 5.60 Å². The lowest BCUT2D eigenvalue weighted by atomic mass is 9.76. The molecule has 0 saturated carbocycles. The molecule has 0 spiro atoms. The number of methoxy groups -OCH3 is 1. The second kappa shape index (κ2) is 5.07. The van der Waals surface area contributed by atoms with E-state index in [-0.39, 0.29) is 11.5 Å². The summed E-state index contributed by atoms with van der Waals surface area (Å²) in [5.74, 6) is 0.406. The molecule has 1 aromatic carbocycles. The molecule has 1 saturated heterocycles. The molecule has 118 valence electrons. The third-order valence-corrected chi connectivity index (χ3v) is 4.68. The van der Waals surface area contributed by atoms with Crippen molar-refractivity contribution < 1.29 is 9.47 Å². The van der Waals surface area contributed by atoms with E-state index in [1.807, 2.05) is 18.2 Å². The summed E-state index contributed by atoms with van der Waals surface area (Å²) in [6, 6.07) is 6.17. The number of anilines is 1. The van der Waals surface area contributed by atoms with Crippen LogP contribution in [0.3, 0.4) is 0 Å². The van der Waals surface area contributed by atoms with Crippen molar-refractivity contribution in [3.63, 3.8) is 0 Å². The summed E-state index contributed by atoms with van der Waals surface area (Å²) in [5, 5.41) is 4.34. The Morgan fingerprint density at radius 2 is 2.05 bits per heavy atom. The fourth-order valence-corrected chi connectivity index (χ4v) is 3.06. The number of nitrogens with zero attached hydrogens (tertiary/aromatic N) is 2. The van der Waals surface area contributed by atoms with E-state index in [1.165, 1.54) is 7.11 Å². The molecule has 2 aromatic rings. The highest BCUT2D eigenvalue weighted by Crippen LogP contribution is 2.42. The largest absolute Gasteiger partial charge is 0.467 e. The molecule has 0 amide bonds. The van der Waals surface area contributed by atoms with Crippen LogP contribution in [-0.4, -0.2) is 35.8 Å². The Labute approximate surface area is 130 Å². The van der Waals surface area contributed by atoms with Gasteiger partial charge in [-0.25, -0.2) is 0 Å². The lowest BCUT2D eigenvalue weighted by molar-refractivity contribution is -0.121. The first-order chi connectivity index (χ1) is 10.4. The van der Waals surface area contributed by atoms with Crippen LogP contribution in [0.5, 0.6) is 6.01 Å². The number of ether oxygens (including phenoxy) is 2. The number of rotatable bonds is 2. The molecule has 0 radical (unpaired) electrons. The number of aromatic nitrogens is 2. The van der Waals surface area contributed by atoms with Crippen molar-refractivity contribution in [3.05, 3.63) is 23.8 Å². The number of nitrogens with two attached hydrogens (primary N) is 1. The van der Waals surface area contributed by atoms with E-state index in [0.717, 1.165) is 23.0 Å². The molecule has 1 unspecified atom stereocenters. The number of hydrogen-bond acceptors (Lipinski definition) is 6. The lowest BCUT2D eigenvalue weighted by Crippen LogP contribution is -2.61. The van der Waals surface area contributed by atoms with Gasteiger partial charge in [0.15, 0.2) is 0 Å². The summed E-state index contributed by atoms with van der Waals surface area (Å²) in [6.07, 6.45) is 0. The van der Waals surface area contributed by atoms with Gasteiger partial charge in [0.25, 0.3) is 0 Å². The zero-order valence-corrected chi connectivity index (χ0v) is 13.4. The minimum absolute atomic E-state index is 0.244. The Kier molecular flexibility index (Phi) is 3.45. The first kappa shape index (κ1) is 15.0. The van der Waals surface area contributed by atoms with Gasteiger partial charge >= 0.3 is 6.01 Å². The van der Waals surface area contributed by atoms with E-state index in [4.69, 9.17) is 15.2 Å². The van der Waals surface area contributed by atoms with E-state index >= 15 is 0 Å². The minimum atomic E-state index is -0.531. The standard InChI is InChI=1S/C16H22N4O2/c1-15(2)16(3,22-9-8-18-15)10-6-5-7-11-12(10)13(17)20-14(19-11)21-4/h5-7,18H,8-9H2,1-4H3,(H2,17,19,20). The monoisotopic (exact) mass is 302 g/mol. The van der Waals surface area contributed by atoms with Gasteiger partial charge in [-0.3, -0.25) is 0 Å². The fraction of sp³-hybridized carbons (Fsp3) is 0.500. The second-order valence-corrected chi connectivity index (χ2v) is 6.23. The number of benzene rings is 1. The van der Waals surface area contributed by atoms with Crippen molar-refractivity contribution >= 4 is 16.7 Å². The quantitative estimate of drug-likeness (QED) is 0.881. The SMILES string of the molecule is COc1nc(N)c2c(C3(C)OCCNC3(C)C)cccc2n1. The van der Waals surface area contributed by atoms with Gasteiger partial charge in [-0.2, -0.15) is 9.97 Å². The zero-order valence-electron chi connectivity index (χ0n) is 13.4. The van der Waals surface area contributed by atoms with Gasteiger partial charge in [0.05, 0.1) is 19.2 Å². The van der Waals surface area contributed by atoms with Gasteiger partial charge in [-0.05, 0) is 32.4 Å². The van der Waals surface area contributed by atoms with Gasteiger partial charge in [0.2, 0.25) is 0 Å². The molecule has 2 heterocycles. The first-order valence-electron chi connectivity index (χ1n) is 7.39. The molecule has 1 aromatic heterocycles. The molecule has 6 nitrogen and oxygen atoms in total. The minimum Gasteiger partial charge on any atom is -0.467 e. The smallest absolute Gasteiger partial charge is 0.318 e. The topological polar surface area (TPSA) is 82.3 Å². The molecule has 3 rings (SSSR count). The molecule has 6 heteroatoms. The van der Waals surface area contributed by atoms with Crippen LogP contribution in [0.4, 0.5) is 5.82 Å². The number of nitrogens with one attached hydrogen (secondary N) is 1. The van der Waals surface area contributed by atoms with Crippen molar-refractivity contribution in [2.24, 2.45) is 0 Å². The molecular weight excluding hydrogens is 280 g/mol. The van der Waals surface area contributed by atoms with Gasteiger partial charge in [-0.1, -0.05) is 12.1 Å². The Morgan fingerprint density at radius 3 is 2.73 bits per heavy atom. The molecule has 3 N–H and O–H groups in total. The van der Waals surface area contributed by atoms with E-state index in [9.17, 15) is 0 Å². The molecule has 1 aliphatic heterocycles. The van der Waals surface area contributed by atoms with Crippen molar-refractivity contribution in [3.8, 4) is 6.01 Å². The molecule has 1 atom stereocenters. The molecular formula is C16H22N4O2. The maximum Gasteiger partial charge on any atom is 0.318 e. The fourth-order valence-electron chi connectivity index (χ4n) is 3.06. The summed E-state index contributed by atoms with van der Waals surface area (Å²) in [6.45, 7) is 7.81. The molecule has 22 heavy (non-hydrogen) atoms. The maximum absolute atomic E-state index is 6.18. The lowest BCUT2D eigenvalue weighted by Gasteiger charge is -2.49. The normalized spacial score (nSPS) is 24.4. The average molecular weight is 302 g/mol. The van der Waals surface area contributed by atoms with Crippen LogP contribution in [0.1, 0.15) is 26.3 Å². The number of hydrogen-bond donors (Lipinski definition) is 2. The maximum atomic E-state index is 6.18. The van der Waals surface area contributed by atoms with Crippen molar-refractivity contribution in [2.45, 2.75) is 31.9 Å². The molecule has 0 bridgehead atoms. The van der Waals surface area contributed by atoms with Crippen molar-refractivity contribution in [1.29, 1.82) is 0 Å². The second-order valence-electron chi connectivity index (χ2n) is 6.23. The predicted octanol–water partition coefficient (Wildman–Crippen LogP) is 1.83. The summed E-state index contributed by atoms with van der Waals surface area (Å²) in [4.78, 5) is 8.62. The van der Waals surface area contributed by atoms with Crippen molar-refractivity contribution in [2.75, 3.05) is 26.0 Å². The highest BCUT2D eigenvalue weighted by Gasteiger charge is 2.46. The number of morpholine rings is 1. The Morgan fingerprint density at radius 1 is 1.27 bits per heavy atom. The van der Waals surface area contributed by atoms with Crippen LogP contribution in [-0.2, 0) is 10.3 Å². The van der Waals surface area contributed by atoms with Crippen LogP contribution in [0, 0.1) is 0 Å². The molecule has 0 aliphatic carbocycles. The van der Waals surface area contributed by atoms with Crippen LogP contribution in [0.15, 0.2) is 18.2 Å². The van der Waals surface area contributed by atoms with Crippen LogP contribution < -0.4 is 15.8 Å². The summed E-state index contributed by atoms with van der Waals surface area (Å²) < 4.78 is 11.3. The Balaban J connectivity index is 2.27. The number of nitrogen functional groups attached to an aromatic ring is 1. The van der Waals surface area contributed by atoms with Gasteiger partial charge < -0.3 is 20.5 Å². The van der Waals surface area contributed by atoms with Crippen molar-refractivity contribution in [1.82, 2.24) is 15.3 Å². The third kappa shape index (κ3) is 2.10. The average Bonchev–Trinajstić information content (AvgIpc) is 2.49. The highest BCUT2D eigenvalue weighted by atomic mass is 16.5. The number of fused-ring (bicyclic) bond motifs is 1. The van der Waals surface area contributed by atoms with E-state index in [2.05, 4.69) is 36.1 Å². The van der Waals surface area contributed by atoms with E-state index in [0.29, 0.717) is 12.4 Å². The Hall–Kier alpha value is -1.92. The van der Waals surface area contributed by atoms with Gasteiger partial charge in [0, 0.05) is 17.5 Å². The highest BCUT2D eigenvalue weighted by molar-refractivity contribution is 5.92.